The summed E-state index contributed by atoms with van der Waals surface area (Å²) in [7, 11) is 0. The van der Waals surface area contributed by atoms with E-state index in [1.165, 1.54) is 0 Å². The highest BCUT2D eigenvalue weighted by molar-refractivity contribution is 5.94. The monoisotopic (exact) mass is 366 g/mol. The van der Waals surface area contributed by atoms with Crippen molar-refractivity contribution in [2.45, 2.75) is 11.8 Å². The van der Waals surface area contributed by atoms with E-state index in [9.17, 15) is 10.1 Å². The average molecular weight is 366 g/mol. The molecule has 1 heterocycles. The Labute approximate surface area is 165 Å². The van der Waals surface area contributed by atoms with Crippen molar-refractivity contribution in [2.75, 3.05) is 13.1 Å². The van der Waals surface area contributed by atoms with Gasteiger partial charge in [-0.15, -0.1) is 0 Å². The molecule has 138 valence electrons. The van der Waals surface area contributed by atoms with Crippen LogP contribution in [0.4, 0.5) is 0 Å². The van der Waals surface area contributed by atoms with Crippen LogP contribution >= 0.6 is 0 Å². The van der Waals surface area contributed by atoms with Crippen molar-refractivity contribution in [3.8, 4) is 6.07 Å². The number of hydrogen-bond donors (Lipinski definition) is 0. The fraction of sp³-hybridized carbons (Fsp3) is 0.200. The predicted molar refractivity (Wildman–Crippen MR) is 110 cm³/mol. The van der Waals surface area contributed by atoms with E-state index >= 15 is 0 Å². The molecule has 1 fully saturated rings. The van der Waals surface area contributed by atoms with E-state index in [1.54, 1.807) is 0 Å². The molecule has 0 unspecified atom stereocenters. The zero-order valence-corrected chi connectivity index (χ0v) is 15.7. The third-order valence-electron chi connectivity index (χ3n) is 5.74. The molecule has 0 radical (unpaired) electrons. The van der Waals surface area contributed by atoms with E-state index in [-0.39, 0.29) is 11.8 Å². The van der Waals surface area contributed by atoms with Crippen molar-refractivity contribution in [3.05, 3.63) is 108 Å². The first-order chi connectivity index (χ1) is 13.8. The van der Waals surface area contributed by atoms with Crippen LogP contribution in [0.1, 0.15) is 27.9 Å². The third-order valence-corrected chi connectivity index (χ3v) is 5.74. The van der Waals surface area contributed by atoms with Gasteiger partial charge in [-0.1, -0.05) is 78.9 Å². The minimum absolute atomic E-state index is 0.0370. The smallest absolute Gasteiger partial charge is 0.253 e. The van der Waals surface area contributed by atoms with Crippen molar-refractivity contribution in [1.29, 1.82) is 5.26 Å². The third kappa shape index (κ3) is 3.08. The summed E-state index contributed by atoms with van der Waals surface area (Å²) in [5.74, 6) is 0.0750. The van der Waals surface area contributed by atoms with Gasteiger partial charge < -0.3 is 4.90 Å². The topological polar surface area (TPSA) is 44.1 Å². The van der Waals surface area contributed by atoms with Gasteiger partial charge in [-0.05, 0) is 29.7 Å². The summed E-state index contributed by atoms with van der Waals surface area (Å²) in [6.45, 7) is 1.24. The summed E-state index contributed by atoms with van der Waals surface area (Å²) in [5, 5.41) is 10.4. The molecule has 4 rings (SSSR count). The van der Waals surface area contributed by atoms with Crippen LogP contribution in [0.2, 0.25) is 0 Å². The minimum Gasteiger partial charge on any atom is -0.338 e. The number of nitrogens with zero attached hydrogens (tertiary/aromatic N) is 2. The first-order valence-corrected chi connectivity index (χ1v) is 9.62. The molecule has 1 atom stereocenters. The van der Waals surface area contributed by atoms with Crippen molar-refractivity contribution in [2.24, 2.45) is 5.92 Å². The van der Waals surface area contributed by atoms with Gasteiger partial charge >= 0.3 is 0 Å². The van der Waals surface area contributed by atoms with Gasteiger partial charge in [-0.2, -0.15) is 5.26 Å². The normalized spacial score (nSPS) is 16.5. The molecule has 3 aromatic carbocycles. The van der Waals surface area contributed by atoms with Gasteiger partial charge in [0, 0.05) is 24.6 Å². The van der Waals surface area contributed by atoms with Crippen LogP contribution in [0.3, 0.4) is 0 Å². The van der Waals surface area contributed by atoms with Gasteiger partial charge in [-0.3, -0.25) is 4.79 Å². The first-order valence-electron chi connectivity index (χ1n) is 9.62. The number of amides is 1. The zero-order valence-electron chi connectivity index (χ0n) is 15.7. The minimum atomic E-state index is -0.770. The van der Waals surface area contributed by atoms with Gasteiger partial charge in [-0.25, -0.2) is 0 Å². The van der Waals surface area contributed by atoms with Crippen LogP contribution in [-0.2, 0) is 5.41 Å². The van der Waals surface area contributed by atoms with Crippen LogP contribution in [-0.4, -0.2) is 23.9 Å². The molecule has 3 heteroatoms. The highest BCUT2D eigenvalue weighted by Crippen LogP contribution is 2.43. The maximum Gasteiger partial charge on any atom is 0.253 e. The standard InChI is InChI=1S/C25H22N2O/c26-19-25(21-12-6-2-7-13-21,22-14-8-3-9-15-22)23-16-17-27(18-23)24(28)20-10-4-1-5-11-20/h1-15,23H,16-18H2/t23-/m1/s1. The Bertz CT molecular complexity index is 938. The maximum absolute atomic E-state index is 12.9. The summed E-state index contributed by atoms with van der Waals surface area (Å²) in [4.78, 5) is 14.8. The van der Waals surface area contributed by atoms with Crippen molar-refractivity contribution >= 4 is 5.91 Å². The molecule has 0 bridgehead atoms. The highest BCUT2D eigenvalue weighted by Gasteiger charge is 2.46. The molecule has 0 saturated carbocycles. The first kappa shape index (κ1) is 18.0. The van der Waals surface area contributed by atoms with Crippen LogP contribution in [0.25, 0.3) is 0 Å². The number of likely N-dealkylation sites (tertiary alicyclic amines) is 1. The number of carbonyl (C=O) groups is 1. The fourth-order valence-corrected chi connectivity index (χ4v) is 4.32. The Balaban J connectivity index is 1.71. The van der Waals surface area contributed by atoms with Crippen LogP contribution in [0.5, 0.6) is 0 Å². The van der Waals surface area contributed by atoms with Crippen LogP contribution in [0.15, 0.2) is 91.0 Å². The van der Waals surface area contributed by atoms with E-state index in [1.807, 2.05) is 95.9 Å². The summed E-state index contributed by atoms with van der Waals surface area (Å²) in [5.41, 5.74) is 1.91. The summed E-state index contributed by atoms with van der Waals surface area (Å²) in [6.07, 6.45) is 0.802. The zero-order chi connectivity index (χ0) is 19.4. The molecular formula is C25H22N2O. The van der Waals surface area contributed by atoms with E-state index in [2.05, 4.69) is 6.07 Å². The molecule has 0 aliphatic carbocycles. The fourth-order valence-electron chi connectivity index (χ4n) is 4.32. The van der Waals surface area contributed by atoms with Gasteiger partial charge in [0.05, 0.1) is 6.07 Å². The van der Waals surface area contributed by atoms with Crippen LogP contribution < -0.4 is 0 Å². The second-order valence-electron chi connectivity index (χ2n) is 7.25. The van der Waals surface area contributed by atoms with E-state index in [0.717, 1.165) is 17.5 Å². The number of hydrogen-bond acceptors (Lipinski definition) is 2. The molecule has 1 aliphatic rings. The molecule has 0 spiro atoms. The molecule has 3 aromatic rings. The Morgan fingerprint density at radius 3 is 1.86 bits per heavy atom. The van der Waals surface area contributed by atoms with Crippen molar-refractivity contribution in [1.82, 2.24) is 4.90 Å². The Hall–Kier alpha value is -3.38. The van der Waals surface area contributed by atoms with Crippen LogP contribution in [0, 0.1) is 17.2 Å². The van der Waals surface area contributed by atoms with Gasteiger partial charge in [0.1, 0.15) is 5.41 Å². The molecule has 0 N–H and O–H groups in total. The molecule has 1 amide bonds. The lowest BCUT2D eigenvalue weighted by molar-refractivity contribution is 0.0784. The average Bonchev–Trinajstić information content (AvgIpc) is 3.27. The lowest BCUT2D eigenvalue weighted by Crippen LogP contribution is -2.38. The molecular weight excluding hydrogens is 344 g/mol. The van der Waals surface area contributed by atoms with Crippen molar-refractivity contribution in [3.63, 3.8) is 0 Å². The predicted octanol–water partition coefficient (Wildman–Crippen LogP) is 4.66. The second-order valence-corrected chi connectivity index (χ2v) is 7.25. The second kappa shape index (κ2) is 7.70. The van der Waals surface area contributed by atoms with E-state index in [4.69, 9.17) is 0 Å². The molecule has 28 heavy (non-hydrogen) atoms. The number of rotatable bonds is 4. The quantitative estimate of drug-likeness (QED) is 0.674. The summed E-state index contributed by atoms with van der Waals surface area (Å²) in [6, 6.07) is 32.0. The SMILES string of the molecule is N#CC(c1ccccc1)(c1ccccc1)[C@@H]1CCN(C(=O)c2ccccc2)C1. The van der Waals surface area contributed by atoms with Crippen molar-refractivity contribution < 1.29 is 4.79 Å². The Morgan fingerprint density at radius 1 is 0.857 bits per heavy atom. The van der Waals surface area contributed by atoms with Gasteiger partial charge in [0.2, 0.25) is 0 Å². The lowest BCUT2D eigenvalue weighted by Gasteiger charge is -2.34. The van der Waals surface area contributed by atoms with Gasteiger partial charge in [0.25, 0.3) is 5.91 Å². The molecule has 1 aliphatic heterocycles. The number of nitriles is 1. The summed E-state index contributed by atoms with van der Waals surface area (Å²) >= 11 is 0. The number of benzene rings is 3. The lowest BCUT2D eigenvalue weighted by atomic mass is 9.66. The molecule has 0 aromatic heterocycles. The summed E-state index contributed by atoms with van der Waals surface area (Å²) < 4.78 is 0. The Morgan fingerprint density at radius 2 is 1.36 bits per heavy atom. The Kier molecular flexibility index (Phi) is 4.95. The highest BCUT2D eigenvalue weighted by atomic mass is 16.2. The van der Waals surface area contributed by atoms with E-state index in [0.29, 0.717) is 18.7 Å². The molecule has 1 saturated heterocycles. The molecule has 3 nitrogen and oxygen atoms in total. The number of carbonyl (C=O) groups excluding carboxylic acids is 1. The van der Waals surface area contributed by atoms with Gasteiger partial charge in [0.15, 0.2) is 0 Å². The van der Waals surface area contributed by atoms with E-state index < -0.39 is 5.41 Å². The maximum atomic E-state index is 12.9. The largest absolute Gasteiger partial charge is 0.338 e.